The fourth-order valence-corrected chi connectivity index (χ4v) is 2.59. The Morgan fingerprint density at radius 1 is 0.944 bits per heavy atom. The van der Waals surface area contributed by atoms with Crippen molar-refractivity contribution in [2.75, 3.05) is 5.75 Å². The molecule has 0 aromatic rings. The van der Waals surface area contributed by atoms with Crippen LogP contribution in [0.5, 0.6) is 0 Å². The summed E-state index contributed by atoms with van der Waals surface area (Å²) in [5.41, 5.74) is 5.79. The van der Waals surface area contributed by atoms with Gasteiger partial charge in [0.05, 0.1) is 5.75 Å². The molecular formula is C13H29NO3S. The SMILES string of the molecule is CCCCCCCCCCC(N)CCS(=O)(=O)O. The van der Waals surface area contributed by atoms with Gasteiger partial charge in [0.25, 0.3) is 10.1 Å². The minimum absolute atomic E-state index is 0.105. The van der Waals surface area contributed by atoms with E-state index < -0.39 is 10.1 Å². The van der Waals surface area contributed by atoms with Crippen LogP contribution in [-0.4, -0.2) is 24.8 Å². The predicted molar refractivity (Wildman–Crippen MR) is 76.2 cm³/mol. The van der Waals surface area contributed by atoms with Crippen molar-refractivity contribution in [2.45, 2.75) is 77.2 Å². The topological polar surface area (TPSA) is 80.4 Å². The zero-order valence-electron chi connectivity index (χ0n) is 11.6. The highest BCUT2D eigenvalue weighted by molar-refractivity contribution is 7.85. The molecular weight excluding hydrogens is 250 g/mol. The highest BCUT2D eigenvalue weighted by Gasteiger charge is 2.09. The van der Waals surface area contributed by atoms with Gasteiger partial charge in [0, 0.05) is 6.04 Å². The quantitative estimate of drug-likeness (QED) is 0.425. The summed E-state index contributed by atoms with van der Waals surface area (Å²) in [6.07, 6.45) is 11.2. The first-order chi connectivity index (χ1) is 8.45. The zero-order valence-corrected chi connectivity index (χ0v) is 12.4. The first-order valence-electron chi connectivity index (χ1n) is 7.16. The largest absolute Gasteiger partial charge is 0.328 e. The molecule has 0 rings (SSSR count). The van der Waals surface area contributed by atoms with Crippen molar-refractivity contribution in [1.29, 1.82) is 0 Å². The third-order valence-corrected chi connectivity index (χ3v) is 3.93. The van der Waals surface area contributed by atoms with Crippen molar-refractivity contribution in [2.24, 2.45) is 5.73 Å². The van der Waals surface area contributed by atoms with E-state index in [4.69, 9.17) is 10.3 Å². The second-order valence-corrected chi connectivity index (χ2v) is 6.67. The molecule has 0 aliphatic carbocycles. The van der Waals surface area contributed by atoms with Crippen LogP contribution in [0.25, 0.3) is 0 Å². The normalized spacial score (nSPS) is 13.7. The van der Waals surface area contributed by atoms with E-state index in [1.54, 1.807) is 0 Å². The van der Waals surface area contributed by atoms with Crippen molar-refractivity contribution in [1.82, 2.24) is 0 Å². The maximum absolute atomic E-state index is 10.5. The molecule has 0 bridgehead atoms. The van der Waals surface area contributed by atoms with E-state index >= 15 is 0 Å². The van der Waals surface area contributed by atoms with Gasteiger partial charge in [0.2, 0.25) is 0 Å². The monoisotopic (exact) mass is 279 g/mol. The van der Waals surface area contributed by atoms with Gasteiger partial charge in [-0.25, -0.2) is 0 Å². The molecule has 0 saturated heterocycles. The second kappa shape index (κ2) is 10.8. The van der Waals surface area contributed by atoms with Crippen LogP contribution in [0.1, 0.15) is 71.1 Å². The van der Waals surface area contributed by atoms with Gasteiger partial charge >= 0.3 is 0 Å². The van der Waals surface area contributed by atoms with Crippen molar-refractivity contribution in [3.05, 3.63) is 0 Å². The molecule has 0 heterocycles. The summed E-state index contributed by atoms with van der Waals surface area (Å²) in [5, 5.41) is 0. The lowest BCUT2D eigenvalue weighted by Gasteiger charge is -2.10. The van der Waals surface area contributed by atoms with Crippen LogP contribution in [0, 0.1) is 0 Å². The van der Waals surface area contributed by atoms with E-state index in [9.17, 15) is 8.42 Å². The lowest BCUT2D eigenvalue weighted by molar-refractivity contribution is 0.470. The molecule has 1 atom stereocenters. The molecule has 5 heteroatoms. The first-order valence-corrected chi connectivity index (χ1v) is 8.77. The van der Waals surface area contributed by atoms with Crippen LogP contribution in [0.15, 0.2) is 0 Å². The Morgan fingerprint density at radius 3 is 1.94 bits per heavy atom. The van der Waals surface area contributed by atoms with Crippen molar-refractivity contribution in [3.8, 4) is 0 Å². The van der Waals surface area contributed by atoms with Gasteiger partial charge in [-0.1, -0.05) is 58.3 Å². The number of nitrogens with two attached hydrogens (primary N) is 1. The molecule has 4 nitrogen and oxygen atoms in total. The summed E-state index contributed by atoms with van der Waals surface area (Å²) in [5.74, 6) is -0.217. The molecule has 0 spiro atoms. The Morgan fingerprint density at radius 2 is 1.44 bits per heavy atom. The number of rotatable bonds is 12. The molecule has 3 N–H and O–H groups in total. The highest BCUT2D eigenvalue weighted by atomic mass is 32.2. The summed E-state index contributed by atoms with van der Waals surface area (Å²) in [7, 11) is -3.85. The summed E-state index contributed by atoms with van der Waals surface area (Å²) in [4.78, 5) is 0. The van der Waals surface area contributed by atoms with Gasteiger partial charge in [0.15, 0.2) is 0 Å². The van der Waals surface area contributed by atoms with Crippen LogP contribution in [0.3, 0.4) is 0 Å². The predicted octanol–water partition coefficient (Wildman–Crippen LogP) is 3.12. The van der Waals surface area contributed by atoms with Gasteiger partial charge in [0.1, 0.15) is 0 Å². The lowest BCUT2D eigenvalue weighted by Crippen LogP contribution is -2.23. The highest BCUT2D eigenvalue weighted by Crippen LogP contribution is 2.11. The molecule has 18 heavy (non-hydrogen) atoms. The maximum atomic E-state index is 10.5. The van der Waals surface area contributed by atoms with Crippen LogP contribution in [0.4, 0.5) is 0 Å². The zero-order chi connectivity index (χ0) is 13.9. The Kier molecular flexibility index (Phi) is 10.7. The summed E-state index contributed by atoms with van der Waals surface area (Å²) in [6, 6.07) is -0.105. The Labute approximate surface area is 112 Å². The Hall–Kier alpha value is -0.130. The second-order valence-electron chi connectivity index (χ2n) is 5.10. The molecule has 110 valence electrons. The van der Waals surface area contributed by atoms with E-state index in [2.05, 4.69) is 6.92 Å². The Bertz CT molecular complexity index is 278. The van der Waals surface area contributed by atoms with Crippen LogP contribution in [0.2, 0.25) is 0 Å². The number of hydrogen-bond donors (Lipinski definition) is 2. The van der Waals surface area contributed by atoms with E-state index in [0.717, 1.165) is 12.8 Å². The standard InChI is InChI=1S/C13H29NO3S/c1-2-3-4-5-6-7-8-9-10-13(14)11-12-18(15,16)17/h13H,2-12,14H2,1H3,(H,15,16,17). The summed E-state index contributed by atoms with van der Waals surface area (Å²) >= 11 is 0. The summed E-state index contributed by atoms with van der Waals surface area (Å²) < 4.78 is 29.7. The van der Waals surface area contributed by atoms with Crippen molar-refractivity contribution < 1.29 is 13.0 Å². The van der Waals surface area contributed by atoms with Crippen LogP contribution in [-0.2, 0) is 10.1 Å². The lowest BCUT2D eigenvalue weighted by atomic mass is 10.0. The summed E-state index contributed by atoms with van der Waals surface area (Å²) in [6.45, 7) is 2.22. The van der Waals surface area contributed by atoms with Crippen LogP contribution >= 0.6 is 0 Å². The first kappa shape index (κ1) is 17.9. The molecule has 0 aliphatic rings. The van der Waals surface area contributed by atoms with Gasteiger partial charge in [-0.05, 0) is 12.8 Å². The molecule has 0 aliphatic heterocycles. The smallest absolute Gasteiger partial charge is 0.264 e. The molecule has 0 aromatic carbocycles. The van der Waals surface area contributed by atoms with Gasteiger partial charge in [-0.3, -0.25) is 4.55 Å². The molecule has 0 radical (unpaired) electrons. The third kappa shape index (κ3) is 13.9. The van der Waals surface area contributed by atoms with Gasteiger partial charge in [-0.2, -0.15) is 8.42 Å². The fourth-order valence-electron chi connectivity index (χ4n) is 1.99. The number of hydrogen-bond acceptors (Lipinski definition) is 3. The minimum Gasteiger partial charge on any atom is -0.328 e. The van der Waals surface area contributed by atoms with Crippen molar-refractivity contribution in [3.63, 3.8) is 0 Å². The average Bonchev–Trinajstić information content (AvgIpc) is 2.29. The molecule has 0 amide bonds. The van der Waals surface area contributed by atoms with E-state index in [1.807, 2.05) is 0 Å². The third-order valence-electron chi connectivity index (χ3n) is 3.18. The van der Waals surface area contributed by atoms with E-state index in [-0.39, 0.29) is 11.8 Å². The maximum Gasteiger partial charge on any atom is 0.264 e. The molecule has 0 aromatic heterocycles. The molecule has 1 unspecified atom stereocenters. The average molecular weight is 279 g/mol. The Balaban J connectivity index is 3.28. The van der Waals surface area contributed by atoms with Gasteiger partial charge < -0.3 is 5.73 Å². The van der Waals surface area contributed by atoms with Gasteiger partial charge in [-0.15, -0.1) is 0 Å². The van der Waals surface area contributed by atoms with E-state index in [0.29, 0.717) is 6.42 Å². The fraction of sp³-hybridized carbons (Fsp3) is 1.00. The van der Waals surface area contributed by atoms with E-state index in [1.165, 1.54) is 44.9 Å². The molecule has 0 fully saturated rings. The number of unbranched alkanes of at least 4 members (excludes halogenated alkanes) is 7. The minimum atomic E-state index is -3.85. The van der Waals surface area contributed by atoms with Crippen molar-refractivity contribution >= 4 is 10.1 Å². The van der Waals surface area contributed by atoms with Crippen LogP contribution < -0.4 is 5.73 Å². The molecule has 0 saturated carbocycles.